The Morgan fingerprint density at radius 1 is 1.10 bits per heavy atom. The molecule has 0 unspecified atom stereocenters. The monoisotopic (exact) mass is 556 g/mol. The van der Waals surface area contributed by atoms with Crippen LogP contribution in [0.3, 0.4) is 0 Å². The lowest BCUT2D eigenvalue weighted by atomic mass is 9.81. The standard InChI is InChI=1S/C31H28N2O6S/c1-18-9-5-7-11-22(18)38-17-20-15-19(13-14-23(20)36-3)16-25-28(34)33-27-21-10-6-8-12-24(21)39-31(2,32-30(33)40-25)26(27)29(35)37-4/h5-16,26-27H,17H2,1-4H3/t26-,27+,31+/m0/s1. The molecule has 2 aliphatic rings. The highest BCUT2D eigenvalue weighted by Crippen LogP contribution is 2.47. The Bertz CT molecular complexity index is 1810. The fourth-order valence-electron chi connectivity index (χ4n) is 5.46. The van der Waals surface area contributed by atoms with Gasteiger partial charge in [0.2, 0.25) is 5.72 Å². The second-order valence-corrected chi connectivity index (χ2v) is 11.0. The third-order valence-corrected chi connectivity index (χ3v) is 8.40. The summed E-state index contributed by atoms with van der Waals surface area (Å²) in [5.74, 6) is 0.799. The van der Waals surface area contributed by atoms with Crippen LogP contribution in [0.5, 0.6) is 17.2 Å². The summed E-state index contributed by atoms with van der Waals surface area (Å²) in [5.41, 5.74) is 2.02. The second kappa shape index (κ2) is 9.98. The third kappa shape index (κ3) is 4.26. The van der Waals surface area contributed by atoms with E-state index in [0.29, 0.717) is 27.4 Å². The Balaban J connectivity index is 1.44. The first-order valence-electron chi connectivity index (χ1n) is 12.9. The Morgan fingerprint density at radius 3 is 2.65 bits per heavy atom. The van der Waals surface area contributed by atoms with Gasteiger partial charge in [0.15, 0.2) is 4.80 Å². The highest BCUT2D eigenvalue weighted by atomic mass is 32.1. The third-order valence-electron chi connectivity index (χ3n) is 7.41. The number of aryl methyl sites for hydroxylation is 1. The van der Waals surface area contributed by atoms with Gasteiger partial charge < -0.3 is 18.9 Å². The molecule has 4 aromatic rings. The molecular weight excluding hydrogens is 528 g/mol. The van der Waals surface area contributed by atoms with E-state index < -0.39 is 23.7 Å². The number of benzene rings is 3. The van der Waals surface area contributed by atoms with Crippen LogP contribution in [-0.4, -0.2) is 30.5 Å². The average Bonchev–Trinajstić information content (AvgIpc) is 3.24. The van der Waals surface area contributed by atoms with Gasteiger partial charge in [-0.1, -0.05) is 53.8 Å². The number of esters is 1. The first kappa shape index (κ1) is 25.9. The summed E-state index contributed by atoms with van der Waals surface area (Å²) in [4.78, 5) is 32.2. The summed E-state index contributed by atoms with van der Waals surface area (Å²) >= 11 is 1.27. The van der Waals surface area contributed by atoms with E-state index >= 15 is 0 Å². The number of aromatic nitrogens is 1. The van der Waals surface area contributed by atoms with Crippen LogP contribution in [-0.2, 0) is 16.1 Å². The van der Waals surface area contributed by atoms with Gasteiger partial charge in [-0.3, -0.25) is 14.2 Å². The SMILES string of the molecule is COC(=O)[C@@H]1[C@H]2c3ccccc3O[C@@]1(C)N=c1sc(=Cc3ccc(OC)c(COc4ccccc4C)c3)c(=O)n12. The molecule has 6 rings (SSSR count). The summed E-state index contributed by atoms with van der Waals surface area (Å²) in [7, 11) is 2.95. The van der Waals surface area contributed by atoms with E-state index in [4.69, 9.17) is 23.9 Å². The van der Waals surface area contributed by atoms with Gasteiger partial charge in [0.05, 0.1) is 24.8 Å². The van der Waals surface area contributed by atoms with Crippen LogP contribution in [0.4, 0.5) is 0 Å². The zero-order valence-corrected chi connectivity index (χ0v) is 23.4. The predicted octanol–water partition coefficient (Wildman–Crippen LogP) is 3.76. The zero-order chi connectivity index (χ0) is 28.0. The molecule has 0 fully saturated rings. The van der Waals surface area contributed by atoms with Crippen LogP contribution in [0.25, 0.3) is 6.08 Å². The number of para-hydroxylation sites is 2. The fraction of sp³-hybridized carbons (Fsp3) is 0.258. The van der Waals surface area contributed by atoms with Gasteiger partial charge in [0.25, 0.3) is 5.56 Å². The van der Waals surface area contributed by atoms with Crippen molar-refractivity contribution >= 4 is 23.4 Å². The molecular formula is C31H28N2O6S. The van der Waals surface area contributed by atoms with Crippen molar-refractivity contribution in [2.45, 2.75) is 32.2 Å². The quantitative estimate of drug-likeness (QED) is 0.336. The smallest absolute Gasteiger partial charge is 0.317 e. The normalized spacial score (nSPS) is 20.9. The Morgan fingerprint density at radius 2 is 1.88 bits per heavy atom. The predicted molar refractivity (Wildman–Crippen MR) is 151 cm³/mol. The molecule has 0 saturated carbocycles. The number of carbonyl (C=O) groups excluding carboxylic acids is 1. The van der Waals surface area contributed by atoms with Crippen LogP contribution >= 0.6 is 11.3 Å². The van der Waals surface area contributed by atoms with E-state index in [1.165, 1.54) is 18.4 Å². The summed E-state index contributed by atoms with van der Waals surface area (Å²) < 4.78 is 25.1. The maximum Gasteiger partial charge on any atom is 0.317 e. The number of fused-ring (bicyclic) bond motifs is 6. The molecule has 8 nitrogen and oxygen atoms in total. The number of rotatable bonds is 6. The second-order valence-electron chi connectivity index (χ2n) is 9.95. The molecule has 0 radical (unpaired) electrons. The van der Waals surface area contributed by atoms with Gasteiger partial charge >= 0.3 is 5.97 Å². The number of thiazole rings is 1. The molecule has 40 heavy (non-hydrogen) atoms. The molecule has 1 aromatic heterocycles. The molecule has 3 atom stereocenters. The number of methoxy groups -OCH3 is 2. The summed E-state index contributed by atoms with van der Waals surface area (Å²) in [6.45, 7) is 4.07. The lowest BCUT2D eigenvalue weighted by molar-refractivity contribution is -0.158. The molecule has 0 N–H and O–H groups in total. The van der Waals surface area contributed by atoms with Crippen molar-refractivity contribution in [2.75, 3.05) is 14.2 Å². The minimum atomic E-state index is -1.21. The van der Waals surface area contributed by atoms with E-state index in [1.54, 1.807) is 18.6 Å². The highest BCUT2D eigenvalue weighted by molar-refractivity contribution is 7.07. The molecule has 3 heterocycles. The maximum absolute atomic E-state index is 13.9. The maximum atomic E-state index is 13.9. The first-order valence-corrected chi connectivity index (χ1v) is 13.7. The topological polar surface area (TPSA) is 88.4 Å². The van der Waals surface area contributed by atoms with E-state index in [9.17, 15) is 9.59 Å². The average molecular weight is 557 g/mol. The van der Waals surface area contributed by atoms with Crippen LogP contribution in [0, 0.1) is 12.8 Å². The van der Waals surface area contributed by atoms with Gasteiger partial charge in [0.1, 0.15) is 29.8 Å². The molecule has 9 heteroatoms. The first-order chi connectivity index (χ1) is 19.3. The van der Waals surface area contributed by atoms with E-state index in [2.05, 4.69) is 0 Å². The van der Waals surface area contributed by atoms with E-state index in [-0.39, 0.29) is 5.56 Å². The van der Waals surface area contributed by atoms with Crippen molar-refractivity contribution in [3.63, 3.8) is 0 Å². The molecule has 0 spiro atoms. The van der Waals surface area contributed by atoms with Gasteiger partial charge in [-0.05, 0) is 55.3 Å². The Kier molecular flexibility index (Phi) is 6.46. The molecule has 2 aliphatic heterocycles. The number of nitrogens with zero attached hydrogens (tertiary/aromatic N) is 2. The van der Waals surface area contributed by atoms with Gasteiger partial charge in [0, 0.05) is 11.1 Å². The van der Waals surface area contributed by atoms with Crippen molar-refractivity contribution in [3.05, 3.63) is 109 Å². The van der Waals surface area contributed by atoms with Crippen molar-refractivity contribution in [3.8, 4) is 17.2 Å². The summed E-state index contributed by atoms with van der Waals surface area (Å²) in [5, 5.41) is 0. The lowest BCUT2D eigenvalue weighted by Crippen LogP contribution is -2.58. The minimum Gasteiger partial charge on any atom is -0.496 e. The molecule has 0 saturated heterocycles. The summed E-state index contributed by atoms with van der Waals surface area (Å²) in [6.07, 6.45) is 1.83. The molecule has 0 amide bonds. The number of hydrogen-bond acceptors (Lipinski definition) is 8. The van der Waals surface area contributed by atoms with Gasteiger partial charge in [-0.15, -0.1) is 0 Å². The largest absolute Gasteiger partial charge is 0.496 e. The van der Waals surface area contributed by atoms with Crippen molar-refractivity contribution in [1.82, 2.24) is 4.57 Å². The number of hydrogen-bond donors (Lipinski definition) is 0. The van der Waals surface area contributed by atoms with E-state index in [0.717, 1.165) is 28.0 Å². The van der Waals surface area contributed by atoms with Crippen LogP contribution in [0.2, 0.25) is 0 Å². The number of ether oxygens (including phenoxy) is 4. The van der Waals surface area contributed by atoms with Gasteiger partial charge in [-0.2, -0.15) is 0 Å². The van der Waals surface area contributed by atoms with Crippen LogP contribution in [0.1, 0.15) is 35.2 Å². The molecule has 3 aromatic carbocycles. The van der Waals surface area contributed by atoms with E-state index in [1.807, 2.05) is 79.7 Å². The van der Waals surface area contributed by atoms with Crippen LogP contribution in [0.15, 0.2) is 76.5 Å². The number of carbonyl (C=O) groups is 1. The minimum absolute atomic E-state index is 0.227. The Labute approximate surface area is 234 Å². The lowest BCUT2D eigenvalue weighted by Gasteiger charge is -2.44. The molecule has 2 bridgehead atoms. The molecule has 0 aliphatic carbocycles. The summed E-state index contributed by atoms with van der Waals surface area (Å²) in [6, 6.07) is 20.4. The zero-order valence-electron chi connectivity index (χ0n) is 22.5. The Hall–Kier alpha value is -4.37. The van der Waals surface area contributed by atoms with Crippen molar-refractivity contribution in [1.29, 1.82) is 0 Å². The van der Waals surface area contributed by atoms with Crippen LogP contribution < -0.4 is 29.1 Å². The fourth-order valence-corrected chi connectivity index (χ4v) is 6.56. The van der Waals surface area contributed by atoms with Crippen molar-refractivity contribution in [2.24, 2.45) is 10.9 Å². The molecule has 204 valence electrons. The van der Waals surface area contributed by atoms with Crippen molar-refractivity contribution < 1.29 is 23.7 Å². The highest BCUT2D eigenvalue weighted by Gasteiger charge is 2.55. The van der Waals surface area contributed by atoms with Gasteiger partial charge in [-0.25, -0.2) is 4.99 Å².